The molecule has 1 atom stereocenters. The molecule has 3 aromatic rings. The summed E-state index contributed by atoms with van der Waals surface area (Å²) in [6, 6.07) is 13.6. The van der Waals surface area contributed by atoms with E-state index >= 15 is 0 Å². The van der Waals surface area contributed by atoms with E-state index in [0.717, 1.165) is 11.0 Å². The summed E-state index contributed by atoms with van der Waals surface area (Å²) in [7, 11) is 0. The number of esters is 2. The number of carbonyl (C=O) groups excluding carboxylic acids is 2. The van der Waals surface area contributed by atoms with Crippen LogP contribution in [-0.4, -0.2) is 30.1 Å². The van der Waals surface area contributed by atoms with Gasteiger partial charge < -0.3 is 20.2 Å². The quantitative estimate of drug-likeness (QED) is 0.451. The highest BCUT2D eigenvalue weighted by Crippen LogP contribution is 2.45. The predicted molar refractivity (Wildman–Crippen MR) is 138 cm³/mol. The fourth-order valence-electron chi connectivity index (χ4n) is 4.41. The van der Waals surface area contributed by atoms with Gasteiger partial charge in [0, 0.05) is 22.7 Å². The molecule has 194 valence electrons. The van der Waals surface area contributed by atoms with Gasteiger partial charge in [0.1, 0.15) is 17.3 Å². The summed E-state index contributed by atoms with van der Waals surface area (Å²) in [5, 5.41) is 10.5. The molecule has 0 saturated heterocycles. The number of aromatic amines is 1. The molecule has 1 aliphatic rings. The number of nitrogens with two attached hydrogens (primary N) is 1. The van der Waals surface area contributed by atoms with Gasteiger partial charge in [-0.25, -0.2) is 14.0 Å². The van der Waals surface area contributed by atoms with Gasteiger partial charge in [-0.2, -0.15) is 5.26 Å². The molecule has 2 aromatic carbocycles. The third kappa shape index (κ3) is 4.60. The molecule has 11 heteroatoms. The van der Waals surface area contributed by atoms with Gasteiger partial charge in [-0.05, 0) is 43.7 Å². The van der Waals surface area contributed by atoms with E-state index in [2.05, 4.69) is 4.98 Å². The third-order valence-corrected chi connectivity index (χ3v) is 6.20. The number of nitrogens with zero attached hydrogens (tertiary/aromatic N) is 2. The summed E-state index contributed by atoms with van der Waals surface area (Å²) in [5.74, 6) is -4.10. The molecule has 0 saturated carbocycles. The largest absolute Gasteiger partial charge is 0.463 e. The standard InChI is InChI=1S/C27H22ClFN4O5/c1-3-37-26(35)23-22(16-12-21(34)32-20-8-6-5-7-15(16)20)17(13-30)25(31)33(24(23)27(36)38-4-2)14-9-10-19(29)18(28)11-14/h5-12,22H,3-4,31H2,1-2H3,(H,32,34). The van der Waals surface area contributed by atoms with Gasteiger partial charge in [-0.1, -0.05) is 29.8 Å². The van der Waals surface area contributed by atoms with Gasteiger partial charge in [0.15, 0.2) is 0 Å². The number of para-hydroxylation sites is 1. The van der Waals surface area contributed by atoms with Gasteiger partial charge in [0.05, 0.1) is 41.4 Å². The highest BCUT2D eigenvalue weighted by molar-refractivity contribution is 6.31. The van der Waals surface area contributed by atoms with Gasteiger partial charge in [-0.15, -0.1) is 0 Å². The lowest BCUT2D eigenvalue weighted by Gasteiger charge is -2.36. The van der Waals surface area contributed by atoms with Crippen LogP contribution in [0.15, 0.2) is 76.0 Å². The van der Waals surface area contributed by atoms with Crippen LogP contribution >= 0.6 is 11.6 Å². The van der Waals surface area contributed by atoms with E-state index in [4.69, 9.17) is 26.8 Å². The Kier molecular flexibility index (Phi) is 7.50. The summed E-state index contributed by atoms with van der Waals surface area (Å²) in [5.41, 5.74) is 6.03. The molecule has 2 heterocycles. The lowest BCUT2D eigenvalue weighted by Crippen LogP contribution is -2.41. The first-order valence-corrected chi connectivity index (χ1v) is 12.0. The van der Waals surface area contributed by atoms with Crippen molar-refractivity contribution in [3.05, 3.63) is 98.0 Å². The molecule has 1 unspecified atom stereocenters. The van der Waals surface area contributed by atoms with Gasteiger partial charge >= 0.3 is 11.9 Å². The maximum Gasteiger partial charge on any atom is 0.355 e. The lowest BCUT2D eigenvalue weighted by molar-refractivity contribution is -0.142. The number of rotatable bonds is 6. The van der Waals surface area contributed by atoms with Crippen molar-refractivity contribution in [1.82, 2.24) is 4.98 Å². The van der Waals surface area contributed by atoms with Crippen LogP contribution in [0.3, 0.4) is 0 Å². The number of benzene rings is 2. The number of carbonyl (C=O) groups is 2. The van der Waals surface area contributed by atoms with Crippen molar-refractivity contribution in [3.63, 3.8) is 0 Å². The smallest absolute Gasteiger partial charge is 0.355 e. The summed E-state index contributed by atoms with van der Waals surface area (Å²) in [6.45, 7) is 3.05. The highest BCUT2D eigenvalue weighted by atomic mass is 35.5. The lowest BCUT2D eigenvalue weighted by atomic mass is 9.79. The van der Waals surface area contributed by atoms with Crippen molar-refractivity contribution >= 4 is 40.1 Å². The molecular formula is C27H22ClFN4O5. The number of nitriles is 1. The maximum atomic E-state index is 14.0. The Labute approximate surface area is 221 Å². The van der Waals surface area contributed by atoms with Crippen molar-refractivity contribution in [3.8, 4) is 6.07 Å². The molecule has 38 heavy (non-hydrogen) atoms. The van der Waals surface area contributed by atoms with E-state index in [1.54, 1.807) is 38.1 Å². The number of hydrogen-bond donors (Lipinski definition) is 2. The van der Waals surface area contributed by atoms with Crippen LogP contribution in [0, 0.1) is 17.1 Å². The fourth-order valence-corrected chi connectivity index (χ4v) is 4.58. The van der Waals surface area contributed by atoms with Crippen molar-refractivity contribution in [2.45, 2.75) is 19.8 Å². The number of H-pyrrole nitrogens is 1. The summed E-state index contributed by atoms with van der Waals surface area (Å²) in [4.78, 5) is 43.4. The van der Waals surface area contributed by atoms with Crippen molar-refractivity contribution in [2.24, 2.45) is 5.73 Å². The van der Waals surface area contributed by atoms with Gasteiger partial charge in [0.25, 0.3) is 0 Å². The second-order valence-electron chi connectivity index (χ2n) is 8.12. The highest BCUT2D eigenvalue weighted by Gasteiger charge is 2.44. The van der Waals surface area contributed by atoms with Crippen LogP contribution in [-0.2, 0) is 19.1 Å². The summed E-state index contributed by atoms with van der Waals surface area (Å²) >= 11 is 6.01. The van der Waals surface area contributed by atoms with E-state index in [1.807, 2.05) is 6.07 Å². The van der Waals surface area contributed by atoms with Crippen LogP contribution in [0.4, 0.5) is 10.1 Å². The van der Waals surface area contributed by atoms with E-state index in [9.17, 15) is 24.0 Å². The van der Waals surface area contributed by atoms with E-state index in [-0.39, 0.29) is 52.2 Å². The zero-order valence-corrected chi connectivity index (χ0v) is 21.1. The maximum absolute atomic E-state index is 14.0. The molecule has 1 aromatic heterocycles. The van der Waals surface area contributed by atoms with Crippen LogP contribution in [0.25, 0.3) is 10.9 Å². The normalized spacial score (nSPS) is 15.4. The van der Waals surface area contributed by atoms with Crippen molar-refractivity contribution in [2.75, 3.05) is 18.1 Å². The molecule has 0 fully saturated rings. The number of allylic oxidation sites excluding steroid dienone is 1. The molecular weight excluding hydrogens is 515 g/mol. The SMILES string of the molecule is CCOC(=O)C1=C(C(=O)OCC)N(c2ccc(F)c(Cl)c2)C(N)=C(C#N)C1c1cc(=O)[nH]c2ccccc12. The first-order chi connectivity index (χ1) is 18.2. The van der Waals surface area contributed by atoms with Crippen LogP contribution in [0.1, 0.15) is 25.3 Å². The Morgan fingerprint density at radius 3 is 2.47 bits per heavy atom. The number of anilines is 1. The molecule has 9 nitrogen and oxygen atoms in total. The van der Waals surface area contributed by atoms with E-state index in [0.29, 0.717) is 10.9 Å². The first kappa shape index (κ1) is 26.4. The second kappa shape index (κ2) is 10.8. The minimum Gasteiger partial charge on any atom is -0.463 e. The fraction of sp³-hybridized carbons (Fsp3) is 0.185. The van der Waals surface area contributed by atoms with Crippen molar-refractivity contribution in [1.29, 1.82) is 5.26 Å². The van der Waals surface area contributed by atoms with E-state index in [1.165, 1.54) is 18.2 Å². The Morgan fingerprint density at radius 2 is 1.82 bits per heavy atom. The zero-order chi connectivity index (χ0) is 27.6. The van der Waals surface area contributed by atoms with Crippen molar-refractivity contribution < 1.29 is 23.5 Å². The van der Waals surface area contributed by atoms with Gasteiger partial charge in [-0.3, -0.25) is 9.69 Å². The first-order valence-electron chi connectivity index (χ1n) is 11.6. The molecule has 0 radical (unpaired) electrons. The predicted octanol–water partition coefficient (Wildman–Crippen LogP) is 4.00. The Bertz CT molecular complexity index is 1620. The Hall–Kier alpha value is -4.62. The molecule has 3 N–H and O–H groups in total. The Balaban J connectivity index is 2.15. The zero-order valence-electron chi connectivity index (χ0n) is 20.4. The average molecular weight is 537 g/mol. The number of hydrogen-bond acceptors (Lipinski definition) is 8. The average Bonchev–Trinajstić information content (AvgIpc) is 2.89. The number of nitrogens with one attached hydrogen (secondary N) is 1. The number of pyridine rings is 1. The monoisotopic (exact) mass is 536 g/mol. The second-order valence-corrected chi connectivity index (χ2v) is 8.52. The number of ether oxygens (including phenoxy) is 2. The molecule has 4 rings (SSSR count). The summed E-state index contributed by atoms with van der Waals surface area (Å²) in [6.07, 6.45) is 0. The van der Waals surface area contributed by atoms with E-state index < -0.39 is 29.2 Å². The number of aromatic nitrogens is 1. The Morgan fingerprint density at radius 1 is 1.13 bits per heavy atom. The number of halogens is 2. The van der Waals surface area contributed by atoms with Crippen LogP contribution in [0.2, 0.25) is 5.02 Å². The topological polar surface area (TPSA) is 139 Å². The van der Waals surface area contributed by atoms with Gasteiger partial charge in [0.2, 0.25) is 5.56 Å². The number of fused-ring (bicyclic) bond motifs is 1. The minimum absolute atomic E-state index is 0.0509. The van der Waals surface area contributed by atoms with Crippen LogP contribution < -0.4 is 16.2 Å². The van der Waals surface area contributed by atoms with Crippen LogP contribution in [0.5, 0.6) is 0 Å². The minimum atomic E-state index is -1.27. The molecule has 0 bridgehead atoms. The third-order valence-electron chi connectivity index (χ3n) is 5.91. The molecule has 1 aliphatic heterocycles. The molecule has 0 aliphatic carbocycles. The summed E-state index contributed by atoms with van der Waals surface area (Å²) < 4.78 is 24.6. The molecule has 0 amide bonds. The molecule has 0 spiro atoms.